The van der Waals surface area contributed by atoms with Crippen LogP contribution in [0, 0.1) is 0 Å². The molecule has 1 saturated heterocycles. The Kier molecular flexibility index (Phi) is 4.40. The molecule has 6 heteroatoms. The average molecular weight is 446 g/mol. The van der Waals surface area contributed by atoms with Gasteiger partial charge in [-0.1, -0.05) is 57.9 Å². The topological polar surface area (TPSA) is 58.2 Å². The highest BCUT2D eigenvalue weighted by Gasteiger charge is 2.60. The van der Waals surface area contributed by atoms with Crippen molar-refractivity contribution in [3.05, 3.63) is 75.2 Å². The SMILES string of the molecule is C=C(C)[C@H]1NC(=O)C[C@@H](c2cccc(Br)c2)[C@]12C(=O)Nc1cc(Cl)ccc12. The first kappa shape index (κ1) is 18.3. The number of anilines is 1. The molecule has 3 atom stereocenters. The van der Waals surface area contributed by atoms with Crippen molar-refractivity contribution in [2.75, 3.05) is 5.32 Å². The van der Waals surface area contributed by atoms with Gasteiger partial charge in [0.2, 0.25) is 11.8 Å². The first-order valence-electron chi connectivity index (χ1n) is 8.65. The van der Waals surface area contributed by atoms with E-state index in [9.17, 15) is 9.59 Å². The molecule has 2 aliphatic heterocycles. The van der Waals surface area contributed by atoms with E-state index in [1.165, 1.54) is 0 Å². The van der Waals surface area contributed by atoms with Gasteiger partial charge >= 0.3 is 0 Å². The van der Waals surface area contributed by atoms with Crippen LogP contribution in [0.3, 0.4) is 0 Å². The molecule has 1 spiro atoms. The van der Waals surface area contributed by atoms with Crippen LogP contribution in [-0.4, -0.2) is 17.9 Å². The van der Waals surface area contributed by atoms with Crippen molar-refractivity contribution in [2.45, 2.75) is 30.7 Å². The third-order valence-corrected chi connectivity index (χ3v) is 6.22. The van der Waals surface area contributed by atoms with Crippen LogP contribution < -0.4 is 10.6 Å². The van der Waals surface area contributed by atoms with Crippen LogP contribution in [0.5, 0.6) is 0 Å². The highest BCUT2D eigenvalue weighted by molar-refractivity contribution is 9.10. The molecule has 1 fully saturated rings. The Bertz CT molecular complexity index is 990. The zero-order valence-electron chi connectivity index (χ0n) is 14.7. The van der Waals surface area contributed by atoms with E-state index in [0.29, 0.717) is 10.7 Å². The van der Waals surface area contributed by atoms with Crippen molar-refractivity contribution in [3.63, 3.8) is 0 Å². The molecule has 4 nitrogen and oxygen atoms in total. The Hall–Kier alpha value is -2.11. The lowest BCUT2D eigenvalue weighted by atomic mass is 9.59. The summed E-state index contributed by atoms with van der Waals surface area (Å²) in [5.74, 6) is -0.556. The number of piperidine rings is 1. The highest BCUT2D eigenvalue weighted by Crippen LogP contribution is 2.54. The van der Waals surface area contributed by atoms with Gasteiger partial charge in [0, 0.05) is 27.5 Å². The molecule has 4 rings (SSSR count). The second-order valence-electron chi connectivity index (χ2n) is 7.17. The molecule has 0 aromatic heterocycles. The van der Waals surface area contributed by atoms with Gasteiger partial charge in [0.25, 0.3) is 0 Å². The minimum atomic E-state index is -0.972. The van der Waals surface area contributed by atoms with E-state index >= 15 is 0 Å². The number of carbonyl (C=O) groups excluding carboxylic acids is 2. The first-order valence-corrected chi connectivity index (χ1v) is 9.83. The number of carbonyl (C=O) groups is 2. The van der Waals surface area contributed by atoms with Crippen molar-refractivity contribution >= 4 is 45.0 Å². The average Bonchev–Trinajstić information content (AvgIpc) is 2.88. The molecule has 0 bridgehead atoms. The fourth-order valence-electron chi connectivity index (χ4n) is 4.46. The van der Waals surface area contributed by atoms with Crippen LogP contribution in [0.4, 0.5) is 5.69 Å². The van der Waals surface area contributed by atoms with Crippen LogP contribution in [-0.2, 0) is 15.0 Å². The number of fused-ring (bicyclic) bond motifs is 2. The van der Waals surface area contributed by atoms with Gasteiger partial charge in [-0.25, -0.2) is 0 Å². The van der Waals surface area contributed by atoms with E-state index in [-0.39, 0.29) is 24.2 Å². The van der Waals surface area contributed by atoms with Crippen LogP contribution in [0.2, 0.25) is 5.02 Å². The molecule has 2 N–H and O–H groups in total. The van der Waals surface area contributed by atoms with Gasteiger partial charge in [-0.3, -0.25) is 9.59 Å². The molecule has 0 aliphatic carbocycles. The van der Waals surface area contributed by atoms with Crippen LogP contribution in [0.1, 0.15) is 30.4 Å². The van der Waals surface area contributed by atoms with Crippen molar-refractivity contribution in [3.8, 4) is 0 Å². The van der Waals surface area contributed by atoms with Crippen LogP contribution in [0.15, 0.2) is 59.1 Å². The molecule has 2 amide bonds. The lowest BCUT2D eigenvalue weighted by Gasteiger charge is -2.46. The molecule has 2 heterocycles. The highest BCUT2D eigenvalue weighted by atomic mass is 79.9. The van der Waals surface area contributed by atoms with Gasteiger partial charge < -0.3 is 10.6 Å². The van der Waals surface area contributed by atoms with Gasteiger partial charge in [0.05, 0.1) is 6.04 Å². The van der Waals surface area contributed by atoms with Crippen LogP contribution >= 0.6 is 27.5 Å². The zero-order chi connectivity index (χ0) is 19.3. The predicted octanol–water partition coefficient (Wildman–Crippen LogP) is 4.54. The molecule has 0 unspecified atom stereocenters. The lowest BCUT2D eigenvalue weighted by Crippen LogP contribution is -2.62. The smallest absolute Gasteiger partial charge is 0.238 e. The summed E-state index contributed by atoms with van der Waals surface area (Å²) in [6, 6.07) is 12.7. The van der Waals surface area contributed by atoms with E-state index in [0.717, 1.165) is 21.2 Å². The minimum absolute atomic E-state index is 0.0891. The largest absolute Gasteiger partial charge is 0.348 e. The predicted molar refractivity (Wildman–Crippen MR) is 110 cm³/mol. The lowest BCUT2D eigenvalue weighted by molar-refractivity contribution is -0.130. The number of hydrogen-bond donors (Lipinski definition) is 2. The Labute approximate surface area is 171 Å². The zero-order valence-corrected chi connectivity index (χ0v) is 17.0. The van der Waals surface area contributed by atoms with Gasteiger partial charge in [-0.15, -0.1) is 0 Å². The molecular formula is C21H18BrClN2O2. The number of hydrogen-bond acceptors (Lipinski definition) is 2. The Morgan fingerprint density at radius 2 is 2.04 bits per heavy atom. The van der Waals surface area contributed by atoms with Gasteiger partial charge in [-0.05, 0) is 42.3 Å². The third kappa shape index (κ3) is 2.72. The summed E-state index contributed by atoms with van der Waals surface area (Å²) in [5, 5.41) is 6.54. The maximum Gasteiger partial charge on any atom is 0.238 e. The Morgan fingerprint density at radius 1 is 1.26 bits per heavy atom. The van der Waals surface area contributed by atoms with Gasteiger partial charge in [0.15, 0.2) is 0 Å². The number of amides is 2. The van der Waals surface area contributed by atoms with E-state index in [2.05, 4.69) is 33.1 Å². The minimum Gasteiger partial charge on any atom is -0.348 e. The second kappa shape index (κ2) is 6.50. The number of rotatable bonds is 2. The summed E-state index contributed by atoms with van der Waals surface area (Å²) in [4.78, 5) is 26.0. The first-order chi connectivity index (χ1) is 12.8. The summed E-state index contributed by atoms with van der Waals surface area (Å²) in [6.45, 7) is 5.92. The Balaban J connectivity index is 2.01. The molecular weight excluding hydrogens is 428 g/mol. The summed E-state index contributed by atoms with van der Waals surface area (Å²) in [5.41, 5.74) is 2.23. The van der Waals surface area contributed by atoms with Gasteiger partial charge in [0.1, 0.15) is 5.41 Å². The maximum atomic E-state index is 13.5. The molecule has 0 radical (unpaired) electrons. The van der Waals surface area contributed by atoms with E-state index in [4.69, 9.17) is 11.6 Å². The summed E-state index contributed by atoms with van der Waals surface area (Å²) in [6.07, 6.45) is 0.218. The molecule has 27 heavy (non-hydrogen) atoms. The molecule has 2 aliphatic rings. The monoisotopic (exact) mass is 444 g/mol. The molecule has 138 valence electrons. The fourth-order valence-corrected chi connectivity index (χ4v) is 5.05. The van der Waals surface area contributed by atoms with Crippen molar-refractivity contribution in [1.29, 1.82) is 0 Å². The third-order valence-electron chi connectivity index (χ3n) is 5.49. The van der Waals surface area contributed by atoms with E-state index in [1.54, 1.807) is 12.1 Å². The molecule has 0 saturated carbocycles. The quantitative estimate of drug-likeness (QED) is 0.667. The van der Waals surface area contributed by atoms with Crippen LogP contribution in [0.25, 0.3) is 0 Å². The van der Waals surface area contributed by atoms with E-state index in [1.807, 2.05) is 37.3 Å². The van der Waals surface area contributed by atoms with Crippen molar-refractivity contribution < 1.29 is 9.59 Å². The normalized spacial score (nSPS) is 26.5. The molecule has 2 aromatic carbocycles. The Morgan fingerprint density at radius 3 is 2.74 bits per heavy atom. The number of halogens is 2. The fraction of sp³-hybridized carbons (Fsp3) is 0.238. The standard InChI is InChI=1S/C21H18BrClN2O2/c1-11(2)19-21(15-7-6-14(23)9-17(15)24-20(21)27)16(10-18(26)25-19)12-4-3-5-13(22)8-12/h3-9,16,19H,1,10H2,2H3,(H,24,27)(H,25,26)/t16-,19+,21-/m0/s1. The maximum absolute atomic E-state index is 13.5. The van der Waals surface area contributed by atoms with Crippen molar-refractivity contribution in [1.82, 2.24) is 5.32 Å². The van der Waals surface area contributed by atoms with E-state index < -0.39 is 11.5 Å². The summed E-state index contributed by atoms with van der Waals surface area (Å²) < 4.78 is 0.905. The number of nitrogens with one attached hydrogen (secondary N) is 2. The number of benzene rings is 2. The summed E-state index contributed by atoms with van der Waals surface area (Å²) in [7, 11) is 0. The van der Waals surface area contributed by atoms with Gasteiger partial charge in [-0.2, -0.15) is 0 Å². The summed E-state index contributed by atoms with van der Waals surface area (Å²) >= 11 is 9.66. The second-order valence-corrected chi connectivity index (χ2v) is 8.52. The van der Waals surface area contributed by atoms with Crippen molar-refractivity contribution in [2.24, 2.45) is 0 Å². The molecule has 2 aromatic rings.